The van der Waals surface area contributed by atoms with Crippen LogP contribution in [0.5, 0.6) is 0 Å². The number of hydrogen-bond donors (Lipinski definition) is 1. The van der Waals surface area contributed by atoms with E-state index in [9.17, 15) is 9.90 Å². The summed E-state index contributed by atoms with van der Waals surface area (Å²) >= 11 is 2.78. The van der Waals surface area contributed by atoms with E-state index < -0.39 is 11.6 Å². The van der Waals surface area contributed by atoms with E-state index in [0.717, 1.165) is 36.8 Å². The minimum Gasteiger partial charge on any atom is -1.00 e. The number of ether oxygens (including phenoxy) is 1. The molecule has 3 aliphatic rings. The highest BCUT2D eigenvalue weighted by Crippen LogP contribution is 2.40. The minimum atomic E-state index is -1.71. The first kappa shape index (κ1) is 23.7. The average molecular weight is 513 g/mol. The molecule has 4 nitrogen and oxygen atoms in total. The second-order valence-electron chi connectivity index (χ2n) is 8.71. The van der Waals surface area contributed by atoms with Crippen molar-refractivity contribution < 1.29 is 36.1 Å². The number of esters is 1. The van der Waals surface area contributed by atoms with Crippen molar-refractivity contribution in [1.82, 2.24) is 0 Å². The molecule has 0 aromatic carbocycles. The van der Waals surface area contributed by atoms with Gasteiger partial charge in [-0.3, -0.25) is 0 Å². The lowest BCUT2D eigenvalue weighted by atomic mass is 9.83. The van der Waals surface area contributed by atoms with Gasteiger partial charge in [-0.25, -0.2) is 4.79 Å². The summed E-state index contributed by atoms with van der Waals surface area (Å²) < 4.78 is 7.12. The van der Waals surface area contributed by atoms with Crippen LogP contribution in [0.2, 0.25) is 0 Å². The normalized spacial score (nSPS) is 25.4. The maximum absolute atomic E-state index is 13.3. The second kappa shape index (κ2) is 9.65. The van der Waals surface area contributed by atoms with Crippen molar-refractivity contribution in [2.45, 2.75) is 44.8 Å². The summed E-state index contributed by atoms with van der Waals surface area (Å²) in [4.78, 5) is 14.6. The lowest BCUT2D eigenvalue weighted by molar-refractivity contribution is -0.945. The molecule has 2 bridgehead atoms. The van der Waals surface area contributed by atoms with Crippen molar-refractivity contribution in [1.29, 1.82) is 0 Å². The Labute approximate surface area is 197 Å². The molecule has 0 spiro atoms. The first-order chi connectivity index (χ1) is 13.9. The van der Waals surface area contributed by atoms with E-state index in [0.29, 0.717) is 15.7 Å². The number of aliphatic hydroxyl groups is 1. The van der Waals surface area contributed by atoms with Crippen LogP contribution in [-0.2, 0) is 15.1 Å². The summed E-state index contributed by atoms with van der Waals surface area (Å²) in [7, 11) is 0. The number of rotatable bonds is 7. The lowest BCUT2D eigenvalue weighted by Gasteiger charge is -2.52. The van der Waals surface area contributed by atoms with Crippen molar-refractivity contribution >= 4 is 28.6 Å². The number of thiophene rings is 2. The first-order valence-corrected chi connectivity index (χ1v) is 12.2. The molecule has 2 aromatic heterocycles. The van der Waals surface area contributed by atoms with Crippen LogP contribution in [0.1, 0.15) is 42.9 Å². The van der Waals surface area contributed by atoms with Crippen molar-refractivity contribution in [3.8, 4) is 0 Å². The number of hydrogen-bond acceptors (Lipinski definition) is 5. The quantitative estimate of drug-likeness (QED) is 0.348. The SMILES string of the molecule is CC(C)=CCC[N+]12CCC(CC1)[C@@H](OC(=O)C(O)(c1cccs1)c1cccs1)C2.[Br-]. The molecule has 0 saturated carbocycles. The number of quaternary nitrogens is 1. The van der Waals surface area contributed by atoms with E-state index in [-0.39, 0.29) is 23.1 Å². The van der Waals surface area contributed by atoms with Gasteiger partial charge in [-0.05, 0) is 36.7 Å². The Morgan fingerprint density at radius 2 is 1.80 bits per heavy atom. The standard InChI is InChI=1S/C23H30NO3S2.BrH/c1-17(2)6-3-11-24-12-9-18(10-13-24)19(16-24)27-22(25)23(26,20-7-4-14-28-20)21-8-5-15-29-21;/h4-8,14-15,18-19,26H,3,9-13,16H2,1-2H3;1H/q+1;/p-1/t18?,19-,24?;/m0./s1. The molecule has 3 fully saturated rings. The van der Waals surface area contributed by atoms with Gasteiger partial charge in [0.15, 0.2) is 6.10 Å². The zero-order valence-electron chi connectivity index (χ0n) is 17.6. The van der Waals surface area contributed by atoms with Crippen LogP contribution in [0.4, 0.5) is 0 Å². The van der Waals surface area contributed by atoms with Crippen molar-refractivity contribution in [3.63, 3.8) is 0 Å². The van der Waals surface area contributed by atoms with Gasteiger partial charge >= 0.3 is 5.97 Å². The Balaban J connectivity index is 0.00000256. The topological polar surface area (TPSA) is 46.5 Å². The van der Waals surface area contributed by atoms with Gasteiger partial charge in [0, 0.05) is 25.2 Å². The molecule has 1 N–H and O–H groups in total. The van der Waals surface area contributed by atoms with Crippen molar-refractivity contribution in [2.24, 2.45) is 5.92 Å². The summed E-state index contributed by atoms with van der Waals surface area (Å²) in [6, 6.07) is 7.36. The molecule has 0 aliphatic carbocycles. The van der Waals surface area contributed by atoms with Crippen molar-refractivity contribution in [2.75, 3.05) is 26.2 Å². The molecular formula is C23H30BrNO3S2. The van der Waals surface area contributed by atoms with Gasteiger partial charge in [-0.2, -0.15) is 0 Å². The Kier molecular flexibility index (Phi) is 7.62. The number of piperidine rings is 3. The third-order valence-electron chi connectivity index (χ3n) is 6.51. The van der Waals surface area contributed by atoms with Gasteiger partial charge in [-0.15, -0.1) is 22.7 Å². The van der Waals surface area contributed by atoms with Gasteiger partial charge in [0.25, 0.3) is 0 Å². The molecule has 1 atom stereocenters. The highest BCUT2D eigenvalue weighted by molar-refractivity contribution is 7.12. The third kappa shape index (κ3) is 4.60. The summed E-state index contributed by atoms with van der Waals surface area (Å²) in [5, 5.41) is 15.3. The summed E-state index contributed by atoms with van der Waals surface area (Å²) in [6.07, 6.45) is 5.47. The monoisotopic (exact) mass is 511 g/mol. The molecule has 0 unspecified atom stereocenters. The van der Waals surface area contributed by atoms with Crippen LogP contribution < -0.4 is 17.0 Å². The number of halogens is 1. The first-order valence-electron chi connectivity index (χ1n) is 10.4. The maximum atomic E-state index is 13.3. The Bertz CT molecular complexity index is 817. The number of nitrogens with zero attached hydrogens (tertiary/aromatic N) is 1. The molecule has 3 aliphatic heterocycles. The highest BCUT2D eigenvalue weighted by Gasteiger charge is 2.50. The Hall–Kier alpha value is -0.990. The molecule has 164 valence electrons. The lowest BCUT2D eigenvalue weighted by Crippen LogP contribution is -3.00. The van der Waals surface area contributed by atoms with Crippen LogP contribution in [-0.4, -0.2) is 47.8 Å². The van der Waals surface area contributed by atoms with Crippen LogP contribution in [0.25, 0.3) is 0 Å². The molecule has 7 heteroatoms. The zero-order valence-corrected chi connectivity index (χ0v) is 20.8. The second-order valence-corrected chi connectivity index (χ2v) is 10.6. The predicted molar refractivity (Wildman–Crippen MR) is 118 cm³/mol. The third-order valence-corrected chi connectivity index (χ3v) is 8.46. The fraction of sp³-hybridized carbons (Fsp3) is 0.522. The molecule has 5 heterocycles. The Morgan fingerprint density at radius 3 is 2.30 bits per heavy atom. The molecule has 0 amide bonds. The summed E-state index contributed by atoms with van der Waals surface area (Å²) in [5.41, 5.74) is -0.351. The molecule has 3 saturated heterocycles. The fourth-order valence-corrected chi connectivity index (χ4v) is 6.52. The van der Waals surface area contributed by atoms with Gasteiger partial charge in [-0.1, -0.05) is 23.8 Å². The van der Waals surface area contributed by atoms with Gasteiger partial charge in [0.05, 0.1) is 29.4 Å². The Morgan fingerprint density at radius 1 is 1.20 bits per heavy atom. The number of carbonyl (C=O) groups excluding carboxylic acids is 1. The van der Waals surface area contributed by atoms with Gasteiger partial charge in [0.1, 0.15) is 6.54 Å². The van der Waals surface area contributed by atoms with Crippen molar-refractivity contribution in [3.05, 3.63) is 56.4 Å². The zero-order chi connectivity index (χ0) is 20.5. The molecule has 5 rings (SSSR count). The van der Waals surface area contributed by atoms with E-state index >= 15 is 0 Å². The van der Waals surface area contributed by atoms with Gasteiger partial charge in [0.2, 0.25) is 5.60 Å². The molecule has 30 heavy (non-hydrogen) atoms. The maximum Gasteiger partial charge on any atom is 0.349 e. The number of carbonyl (C=O) groups is 1. The fourth-order valence-electron chi connectivity index (χ4n) is 4.81. The molecular weight excluding hydrogens is 482 g/mol. The predicted octanol–water partition coefficient (Wildman–Crippen LogP) is 1.56. The summed E-state index contributed by atoms with van der Waals surface area (Å²) in [6.45, 7) is 8.61. The van der Waals surface area contributed by atoms with Crippen LogP contribution in [0, 0.1) is 5.92 Å². The minimum absolute atomic E-state index is 0. The number of fused-ring (bicyclic) bond motifs is 3. The highest BCUT2D eigenvalue weighted by atomic mass is 79.9. The molecule has 2 aromatic rings. The van der Waals surface area contributed by atoms with Crippen LogP contribution >= 0.6 is 22.7 Å². The van der Waals surface area contributed by atoms with E-state index in [1.807, 2.05) is 35.0 Å². The van der Waals surface area contributed by atoms with Gasteiger partial charge < -0.3 is 31.3 Å². The van der Waals surface area contributed by atoms with Crippen LogP contribution in [0.3, 0.4) is 0 Å². The van der Waals surface area contributed by atoms with E-state index in [2.05, 4.69) is 19.9 Å². The largest absolute Gasteiger partial charge is 1.00 e. The smallest absolute Gasteiger partial charge is 0.349 e. The molecule has 0 radical (unpaired) electrons. The van der Waals surface area contributed by atoms with E-state index in [1.54, 1.807) is 0 Å². The van der Waals surface area contributed by atoms with E-state index in [1.165, 1.54) is 41.3 Å². The van der Waals surface area contributed by atoms with Crippen LogP contribution in [0.15, 0.2) is 46.7 Å². The summed E-state index contributed by atoms with van der Waals surface area (Å²) in [5.74, 6) is -0.109. The number of allylic oxidation sites excluding steroid dienone is 1. The average Bonchev–Trinajstić information content (AvgIpc) is 3.42. The van der Waals surface area contributed by atoms with E-state index in [4.69, 9.17) is 4.74 Å².